The molecular weight excluding hydrogens is 513 g/mol. The quantitative estimate of drug-likeness (QED) is 0.361. The third-order valence-electron chi connectivity index (χ3n) is 8.15. The molecule has 0 aromatic heterocycles. The highest BCUT2D eigenvalue weighted by Crippen LogP contribution is 2.39. The number of halogens is 2. The minimum Gasteiger partial charge on any atom is -0.331 e. The fourth-order valence-electron chi connectivity index (χ4n) is 6.04. The van der Waals surface area contributed by atoms with Gasteiger partial charge in [-0.25, -0.2) is 4.39 Å². The molecule has 0 spiro atoms. The van der Waals surface area contributed by atoms with Crippen LogP contribution in [-0.2, 0) is 11.3 Å². The van der Waals surface area contributed by atoms with E-state index < -0.39 is 17.8 Å². The Hall–Kier alpha value is -3.22. The van der Waals surface area contributed by atoms with Crippen molar-refractivity contribution < 1.29 is 14.0 Å². The molecule has 2 amide bonds. The van der Waals surface area contributed by atoms with Gasteiger partial charge in [-0.3, -0.25) is 14.5 Å². The standard InChI is InChI=1S/C32H35ClFN3O2/c1-21-7-3-12-28(34)29(21)32(39)37-18-6-11-27(31(38)35-26-10-4-9-25(33)19-26)30(37)24-15-13-23(14-16-24)20-36-17-5-8-22(36)2/h3-4,7,9-10,12-16,19,22,27,30H,5-6,8,11,17-18,20H2,1-2H3,(H,35,38)/t22?,27-,30-/m0/s1. The predicted molar refractivity (Wildman–Crippen MR) is 153 cm³/mol. The Balaban J connectivity index is 1.47. The fraction of sp³-hybridized carbons (Fsp3) is 0.375. The molecule has 1 unspecified atom stereocenters. The van der Waals surface area contributed by atoms with Crippen LogP contribution in [0, 0.1) is 18.7 Å². The van der Waals surface area contributed by atoms with Crippen molar-refractivity contribution in [2.24, 2.45) is 5.92 Å². The van der Waals surface area contributed by atoms with Crippen LogP contribution in [0.4, 0.5) is 10.1 Å². The topological polar surface area (TPSA) is 52.7 Å². The first-order valence-electron chi connectivity index (χ1n) is 13.8. The normalized spacial score (nSPS) is 21.6. The maximum atomic E-state index is 14.9. The first-order valence-corrected chi connectivity index (χ1v) is 14.1. The molecule has 39 heavy (non-hydrogen) atoms. The maximum absolute atomic E-state index is 14.9. The second kappa shape index (κ2) is 11.9. The van der Waals surface area contributed by atoms with Gasteiger partial charge in [0.2, 0.25) is 5.91 Å². The van der Waals surface area contributed by atoms with E-state index in [0.717, 1.165) is 18.7 Å². The van der Waals surface area contributed by atoms with E-state index in [1.54, 1.807) is 48.2 Å². The summed E-state index contributed by atoms with van der Waals surface area (Å²) in [6.45, 7) is 6.43. The molecule has 2 fully saturated rings. The summed E-state index contributed by atoms with van der Waals surface area (Å²) in [5.41, 5.74) is 3.33. The maximum Gasteiger partial charge on any atom is 0.257 e. The van der Waals surface area contributed by atoms with E-state index in [9.17, 15) is 14.0 Å². The molecule has 5 rings (SSSR count). The number of likely N-dealkylation sites (tertiary alicyclic amines) is 2. The van der Waals surface area contributed by atoms with Gasteiger partial charge in [0.1, 0.15) is 5.82 Å². The van der Waals surface area contributed by atoms with E-state index >= 15 is 0 Å². The predicted octanol–water partition coefficient (Wildman–Crippen LogP) is 7.00. The Labute approximate surface area is 235 Å². The van der Waals surface area contributed by atoms with Crippen molar-refractivity contribution >= 4 is 29.1 Å². The lowest BCUT2D eigenvalue weighted by Crippen LogP contribution is -2.46. The van der Waals surface area contributed by atoms with E-state index in [0.29, 0.717) is 41.7 Å². The number of piperidine rings is 1. The van der Waals surface area contributed by atoms with Crippen molar-refractivity contribution in [3.05, 3.63) is 99.8 Å². The van der Waals surface area contributed by atoms with Crippen LogP contribution in [0.5, 0.6) is 0 Å². The van der Waals surface area contributed by atoms with Crippen molar-refractivity contribution in [3.8, 4) is 0 Å². The van der Waals surface area contributed by atoms with Gasteiger partial charge in [-0.15, -0.1) is 0 Å². The summed E-state index contributed by atoms with van der Waals surface area (Å²) in [6.07, 6.45) is 3.70. The smallest absolute Gasteiger partial charge is 0.257 e. The van der Waals surface area contributed by atoms with Gasteiger partial charge in [-0.2, -0.15) is 0 Å². The second-order valence-electron chi connectivity index (χ2n) is 10.8. The van der Waals surface area contributed by atoms with Crippen molar-refractivity contribution in [2.45, 2.75) is 58.2 Å². The molecule has 0 saturated carbocycles. The molecule has 2 saturated heterocycles. The van der Waals surface area contributed by atoms with Gasteiger partial charge in [-0.05, 0) is 87.0 Å². The summed E-state index contributed by atoms with van der Waals surface area (Å²) in [4.78, 5) is 31.7. The Bertz CT molecular complexity index is 1330. The number of hydrogen-bond acceptors (Lipinski definition) is 3. The highest BCUT2D eigenvalue weighted by Gasteiger charge is 2.40. The van der Waals surface area contributed by atoms with Gasteiger partial charge in [0, 0.05) is 29.8 Å². The van der Waals surface area contributed by atoms with Crippen LogP contribution in [0.25, 0.3) is 0 Å². The molecule has 0 bridgehead atoms. The lowest BCUT2D eigenvalue weighted by atomic mass is 9.83. The lowest BCUT2D eigenvalue weighted by Gasteiger charge is -2.41. The Kier molecular flexibility index (Phi) is 8.34. The van der Waals surface area contributed by atoms with Gasteiger partial charge in [0.25, 0.3) is 5.91 Å². The first kappa shape index (κ1) is 27.4. The summed E-state index contributed by atoms with van der Waals surface area (Å²) in [5.74, 6) is -1.61. The molecule has 3 aromatic carbocycles. The summed E-state index contributed by atoms with van der Waals surface area (Å²) in [5, 5.41) is 3.53. The molecule has 3 atom stereocenters. The number of carbonyl (C=O) groups excluding carboxylic acids is 2. The number of rotatable bonds is 6. The van der Waals surface area contributed by atoms with Gasteiger partial charge >= 0.3 is 0 Å². The molecule has 1 N–H and O–H groups in total. The zero-order valence-corrected chi connectivity index (χ0v) is 23.3. The summed E-state index contributed by atoms with van der Waals surface area (Å²) < 4.78 is 14.9. The third-order valence-corrected chi connectivity index (χ3v) is 8.39. The first-order chi connectivity index (χ1) is 18.8. The molecule has 2 heterocycles. The average Bonchev–Trinajstić information content (AvgIpc) is 3.32. The van der Waals surface area contributed by atoms with Gasteiger partial charge in [0.15, 0.2) is 0 Å². The number of anilines is 1. The van der Waals surface area contributed by atoms with Crippen molar-refractivity contribution in [3.63, 3.8) is 0 Å². The molecule has 0 radical (unpaired) electrons. The Morgan fingerprint density at radius 3 is 2.44 bits per heavy atom. The number of nitrogens with zero attached hydrogens (tertiary/aromatic N) is 2. The molecule has 0 aliphatic carbocycles. The second-order valence-corrected chi connectivity index (χ2v) is 11.3. The zero-order chi connectivity index (χ0) is 27.5. The third kappa shape index (κ3) is 6.02. The van der Waals surface area contributed by atoms with Crippen LogP contribution in [0.1, 0.15) is 65.7 Å². The SMILES string of the molecule is Cc1cccc(F)c1C(=O)N1CCC[C@H](C(=O)Nc2cccc(Cl)c2)[C@@H]1c1ccc(CN2CCCC2C)cc1. The summed E-state index contributed by atoms with van der Waals surface area (Å²) in [6, 6.07) is 20.0. The van der Waals surface area contributed by atoms with E-state index in [1.165, 1.54) is 24.5 Å². The minimum absolute atomic E-state index is 0.0676. The minimum atomic E-state index is -0.542. The number of nitrogens with one attached hydrogen (secondary N) is 1. The van der Waals surface area contributed by atoms with E-state index in [2.05, 4.69) is 29.3 Å². The van der Waals surface area contributed by atoms with Crippen LogP contribution >= 0.6 is 11.6 Å². The number of benzene rings is 3. The molecule has 5 nitrogen and oxygen atoms in total. The number of hydrogen-bond donors (Lipinski definition) is 1. The van der Waals surface area contributed by atoms with E-state index in [1.807, 2.05) is 12.1 Å². The highest BCUT2D eigenvalue weighted by atomic mass is 35.5. The molecule has 3 aromatic rings. The van der Waals surface area contributed by atoms with Crippen molar-refractivity contribution in [2.75, 3.05) is 18.4 Å². The van der Waals surface area contributed by atoms with Gasteiger partial charge in [-0.1, -0.05) is 54.1 Å². The largest absolute Gasteiger partial charge is 0.331 e. The Morgan fingerprint density at radius 1 is 1.00 bits per heavy atom. The van der Waals surface area contributed by atoms with Crippen LogP contribution in [0.2, 0.25) is 5.02 Å². The molecule has 2 aliphatic rings. The van der Waals surface area contributed by atoms with Crippen molar-refractivity contribution in [1.82, 2.24) is 9.80 Å². The van der Waals surface area contributed by atoms with Gasteiger partial charge < -0.3 is 10.2 Å². The van der Waals surface area contributed by atoms with Crippen molar-refractivity contribution in [1.29, 1.82) is 0 Å². The molecule has 7 heteroatoms. The van der Waals surface area contributed by atoms with Crippen LogP contribution in [0.15, 0.2) is 66.7 Å². The molecule has 204 valence electrons. The van der Waals surface area contributed by atoms with E-state index in [-0.39, 0.29) is 17.4 Å². The summed E-state index contributed by atoms with van der Waals surface area (Å²) >= 11 is 6.14. The zero-order valence-electron chi connectivity index (χ0n) is 22.5. The monoisotopic (exact) mass is 547 g/mol. The number of amides is 2. The Morgan fingerprint density at radius 2 is 1.74 bits per heavy atom. The van der Waals surface area contributed by atoms with Crippen LogP contribution in [0.3, 0.4) is 0 Å². The van der Waals surface area contributed by atoms with E-state index in [4.69, 9.17) is 11.6 Å². The molecular formula is C32H35ClFN3O2. The number of carbonyl (C=O) groups is 2. The number of aryl methyl sites for hydroxylation is 1. The highest BCUT2D eigenvalue weighted by molar-refractivity contribution is 6.30. The molecule has 2 aliphatic heterocycles. The summed E-state index contributed by atoms with van der Waals surface area (Å²) in [7, 11) is 0. The van der Waals surface area contributed by atoms with Gasteiger partial charge in [0.05, 0.1) is 17.5 Å². The van der Waals surface area contributed by atoms with Crippen LogP contribution in [-0.4, -0.2) is 40.7 Å². The van der Waals surface area contributed by atoms with Crippen LogP contribution < -0.4 is 5.32 Å². The average molecular weight is 548 g/mol. The fourth-order valence-corrected chi connectivity index (χ4v) is 6.23. The lowest BCUT2D eigenvalue weighted by molar-refractivity contribution is -0.123.